The summed E-state index contributed by atoms with van der Waals surface area (Å²) in [7, 11) is -2.29. The Morgan fingerprint density at radius 1 is 1.29 bits per heavy atom. The Bertz CT molecular complexity index is 636. The van der Waals surface area contributed by atoms with Crippen molar-refractivity contribution in [2.45, 2.75) is 38.6 Å². The van der Waals surface area contributed by atoms with E-state index in [2.05, 4.69) is 26.0 Å². The van der Waals surface area contributed by atoms with Gasteiger partial charge in [0.05, 0.1) is 4.90 Å². The first-order chi connectivity index (χ1) is 9.49. The van der Waals surface area contributed by atoms with E-state index in [-0.39, 0.29) is 22.3 Å². The third-order valence-electron chi connectivity index (χ3n) is 3.40. The topological polar surface area (TPSA) is 75.3 Å². The lowest BCUT2D eigenvalue weighted by Crippen LogP contribution is -2.41. The minimum Gasteiger partial charge on any atom is -0.349 e. The standard InChI is InChI=1S/C14H21BrN2O3S/c1-9(14(2,3)4)17-13(18)10-6-7-11(15)12(8-10)21(19,20)16-5/h6-9,16H,1-5H3,(H,17,18). The number of benzene rings is 1. The first-order valence-corrected chi connectivity index (χ1v) is 8.80. The lowest BCUT2D eigenvalue weighted by atomic mass is 9.88. The first-order valence-electron chi connectivity index (χ1n) is 6.53. The quantitative estimate of drug-likeness (QED) is 0.847. The molecular formula is C14H21BrN2O3S. The lowest BCUT2D eigenvalue weighted by Gasteiger charge is -2.28. The molecule has 21 heavy (non-hydrogen) atoms. The van der Waals surface area contributed by atoms with E-state index in [1.54, 1.807) is 12.1 Å². The van der Waals surface area contributed by atoms with Crippen molar-refractivity contribution < 1.29 is 13.2 Å². The first kappa shape index (κ1) is 18.1. The third-order valence-corrected chi connectivity index (χ3v) is 5.81. The summed E-state index contributed by atoms with van der Waals surface area (Å²) in [6.07, 6.45) is 0. The van der Waals surface area contributed by atoms with Gasteiger partial charge in [0.15, 0.2) is 0 Å². The summed E-state index contributed by atoms with van der Waals surface area (Å²) in [4.78, 5) is 12.3. The van der Waals surface area contributed by atoms with Crippen LogP contribution >= 0.6 is 15.9 Å². The highest BCUT2D eigenvalue weighted by Crippen LogP contribution is 2.24. The van der Waals surface area contributed by atoms with Gasteiger partial charge in [-0.05, 0) is 53.5 Å². The van der Waals surface area contributed by atoms with Crippen molar-refractivity contribution in [2.24, 2.45) is 5.41 Å². The Balaban J connectivity index is 3.11. The van der Waals surface area contributed by atoms with Crippen molar-refractivity contribution in [1.82, 2.24) is 10.0 Å². The Labute approximate surface area is 134 Å². The number of carbonyl (C=O) groups excluding carboxylic acids is 1. The number of amides is 1. The van der Waals surface area contributed by atoms with Crippen LogP contribution in [0, 0.1) is 5.41 Å². The second-order valence-corrected chi connectivity index (χ2v) is 8.62. The molecule has 0 saturated carbocycles. The zero-order valence-corrected chi connectivity index (χ0v) is 15.2. The molecule has 0 aliphatic carbocycles. The predicted molar refractivity (Wildman–Crippen MR) is 86.8 cm³/mol. The molecule has 0 radical (unpaired) electrons. The molecular weight excluding hydrogens is 356 g/mol. The summed E-state index contributed by atoms with van der Waals surface area (Å²) in [5.41, 5.74) is 0.230. The van der Waals surface area contributed by atoms with E-state index < -0.39 is 10.0 Å². The summed E-state index contributed by atoms with van der Waals surface area (Å²) in [6.45, 7) is 7.99. The molecule has 1 atom stereocenters. The van der Waals surface area contributed by atoms with Gasteiger partial charge in [0, 0.05) is 16.1 Å². The molecule has 0 aliphatic heterocycles. The Kier molecular flexibility index (Phi) is 5.57. The van der Waals surface area contributed by atoms with Crippen molar-refractivity contribution in [2.75, 3.05) is 7.05 Å². The molecule has 0 saturated heterocycles. The van der Waals surface area contributed by atoms with Crippen molar-refractivity contribution in [3.05, 3.63) is 28.2 Å². The molecule has 7 heteroatoms. The third kappa shape index (κ3) is 4.52. The minimum atomic E-state index is -3.62. The molecule has 1 rings (SSSR count). The highest BCUT2D eigenvalue weighted by molar-refractivity contribution is 9.10. The van der Waals surface area contributed by atoms with Crippen LogP contribution < -0.4 is 10.0 Å². The number of nitrogens with one attached hydrogen (secondary N) is 2. The van der Waals surface area contributed by atoms with E-state index in [0.29, 0.717) is 10.0 Å². The van der Waals surface area contributed by atoms with Crippen LogP contribution in [-0.4, -0.2) is 27.4 Å². The van der Waals surface area contributed by atoms with E-state index in [4.69, 9.17) is 0 Å². The zero-order valence-electron chi connectivity index (χ0n) is 12.8. The summed E-state index contributed by atoms with van der Waals surface area (Å²) in [5, 5.41) is 2.88. The Hall–Kier alpha value is -0.920. The molecule has 5 nitrogen and oxygen atoms in total. The molecule has 0 aromatic heterocycles. The van der Waals surface area contributed by atoms with Gasteiger partial charge in [-0.2, -0.15) is 0 Å². The van der Waals surface area contributed by atoms with Gasteiger partial charge in [-0.3, -0.25) is 4.79 Å². The summed E-state index contributed by atoms with van der Waals surface area (Å²) >= 11 is 3.19. The molecule has 1 unspecified atom stereocenters. The second kappa shape index (κ2) is 6.46. The SMILES string of the molecule is CNS(=O)(=O)c1cc(C(=O)NC(C)C(C)(C)C)ccc1Br. The molecule has 0 fully saturated rings. The molecule has 118 valence electrons. The summed E-state index contributed by atoms with van der Waals surface area (Å²) in [5.74, 6) is -0.294. The van der Waals surface area contributed by atoms with E-state index in [1.807, 2.05) is 27.7 Å². The molecule has 0 aliphatic rings. The maximum absolute atomic E-state index is 12.2. The van der Waals surface area contributed by atoms with Gasteiger partial charge in [-0.15, -0.1) is 0 Å². The number of hydrogen-bond donors (Lipinski definition) is 2. The predicted octanol–water partition coefficient (Wildman–Crippen LogP) is 2.52. The molecule has 1 amide bonds. The Morgan fingerprint density at radius 3 is 2.33 bits per heavy atom. The maximum Gasteiger partial charge on any atom is 0.251 e. The van der Waals surface area contributed by atoms with Crippen molar-refractivity contribution >= 4 is 31.9 Å². The highest BCUT2D eigenvalue weighted by atomic mass is 79.9. The van der Waals surface area contributed by atoms with E-state index in [9.17, 15) is 13.2 Å². The van der Waals surface area contributed by atoms with E-state index in [0.717, 1.165) is 0 Å². The highest BCUT2D eigenvalue weighted by Gasteiger charge is 2.23. The van der Waals surface area contributed by atoms with Crippen LogP contribution in [0.25, 0.3) is 0 Å². The fraction of sp³-hybridized carbons (Fsp3) is 0.500. The average Bonchev–Trinajstić information content (AvgIpc) is 2.37. The summed E-state index contributed by atoms with van der Waals surface area (Å²) in [6, 6.07) is 4.46. The fourth-order valence-corrected chi connectivity index (χ4v) is 3.17. The smallest absolute Gasteiger partial charge is 0.251 e. The van der Waals surface area contributed by atoms with Crippen LogP contribution in [-0.2, 0) is 10.0 Å². The molecule has 0 spiro atoms. The van der Waals surface area contributed by atoms with Gasteiger partial charge in [0.2, 0.25) is 10.0 Å². The van der Waals surface area contributed by atoms with Gasteiger partial charge < -0.3 is 5.32 Å². The zero-order chi connectivity index (χ0) is 16.4. The number of rotatable bonds is 4. The molecule has 0 heterocycles. The van der Waals surface area contributed by atoms with Crippen molar-refractivity contribution in [3.8, 4) is 0 Å². The molecule has 0 bridgehead atoms. The van der Waals surface area contributed by atoms with Crippen LogP contribution in [0.1, 0.15) is 38.1 Å². The fourth-order valence-electron chi connectivity index (χ4n) is 1.46. The van der Waals surface area contributed by atoms with Gasteiger partial charge in [-0.1, -0.05) is 20.8 Å². The van der Waals surface area contributed by atoms with Crippen LogP contribution in [0.2, 0.25) is 0 Å². The number of sulfonamides is 1. The normalized spacial score (nSPS) is 13.8. The van der Waals surface area contributed by atoms with Crippen LogP contribution in [0.5, 0.6) is 0 Å². The number of carbonyl (C=O) groups is 1. The largest absolute Gasteiger partial charge is 0.349 e. The number of halogens is 1. The van der Waals surface area contributed by atoms with Crippen LogP contribution in [0.3, 0.4) is 0 Å². The van der Waals surface area contributed by atoms with Crippen molar-refractivity contribution in [3.63, 3.8) is 0 Å². The molecule has 2 N–H and O–H groups in total. The monoisotopic (exact) mass is 376 g/mol. The van der Waals surface area contributed by atoms with Gasteiger partial charge >= 0.3 is 0 Å². The van der Waals surface area contributed by atoms with Crippen molar-refractivity contribution in [1.29, 1.82) is 0 Å². The summed E-state index contributed by atoms with van der Waals surface area (Å²) < 4.78 is 26.5. The van der Waals surface area contributed by atoms with E-state index >= 15 is 0 Å². The molecule has 1 aromatic carbocycles. The Morgan fingerprint density at radius 2 is 1.86 bits per heavy atom. The molecule has 1 aromatic rings. The van der Waals surface area contributed by atoms with Gasteiger partial charge in [-0.25, -0.2) is 13.1 Å². The lowest BCUT2D eigenvalue weighted by molar-refractivity contribution is 0.0910. The second-order valence-electron chi connectivity index (χ2n) is 5.91. The van der Waals surface area contributed by atoms with Gasteiger partial charge in [0.1, 0.15) is 0 Å². The average molecular weight is 377 g/mol. The van der Waals surface area contributed by atoms with Crippen LogP contribution in [0.15, 0.2) is 27.6 Å². The minimum absolute atomic E-state index is 0.0426. The van der Waals surface area contributed by atoms with Crippen LogP contribution in [0.4, 0.5) is 0 Å². The maximum atomic E-state index is 12.2. The van der Waals surface area contributed by atoms with Gasteiger partial charge in [0.25, 0.3) is 5.91 Å². The van der Waals surface area contributed by atoms with E-state index in [1.165, 1.54) is 13.1 Å². The number of hydrogen-bond acceptors (Lipinski definition) is 3.